The van der Waals surface area contributed by atoms with Crippen LogP contribution in [-0.2, 0) is 29.5 Å². The van der Waals surface area contributed by atoms with E-state index in [2.05, 4.69) is 42.6 Å². The second kappa shape index (κ2) is 6.34. The van der Waals surface area contributed by atoms with Crippen LogP contribution in [-0.4, -0.2) is 25.5 Å². The predicted octanol–water partition coefficient (Wildman–Crippen LogP) is 2.92. The molecular formula is C18H22N2O2S. The summed E-state index contributed by atoms with van der Waals surface area (Å²) in [5.74, 6) is 0. The second-order valence-corrected chi connectivity index (χ2v) is 8.11. The number of nitrogens with one attached hydrogen (secondary N) is 1. The Hall–Kier alpha value is -1.85. The Morgan fingerprint density at radius 1 is 1.17 bits per heavy atom. The molecule has 3 rings (SSSR count). The number of fused-ring (bicyclic) bond motifs is 1. The van der Waals surface area contributed by atoms with Crippen LogP contribution < -0.4 is 5.32 Å². The molecule has 2 aromatic carbocycles. The zero-order valence-corrected chi connectivity index (χ0v) is 14.4. The van der Waals surface area contributed by atoms with Crippen LogP contribution in [0.15, 0.2) is 42.5 Å². The summed E-state index contributed by atoms with van der Waals surface area (Å²) in [6.07, 6.45) is 2.03. The van der Waals surface area contributed by atoms with Gasteiger partial charge >= 0.3 is 0 Å². The molecule has 23 heavy (non-hydrogen) atoms. The first-order chi connectivity index (χ1) is 10.9. The Labute approximate surface area is 138 Å². The number of hydrogen-bond donors (Lipinski definition) is 1. The van der Waals surface area contributed by atoms with Crippen LogP contribution in [0, 0.1) is 6.92 Å². The first-order valence-corrected chi connectivity index (χ1v) is 9.63. The zero-order valence-electron chi connectivity index (χ0n) is 13.5. The molecule has 1 heterocycles. The van der Waals surface area contributed by atoms with Gasteiger partial charge in [0.15, 0.2) is 0 Å². The van der Waals surface area contributed by atoms with Crippen molar-refractivity contribution in [3.05, 3.63) is 64.7 Å². The predicted molar refractivity (Wildman–Crippen MR) is 93.9 cm³/mol. The standard InChI is InChI=1S/C18H22N2O2S/c1-14-5-3-6-15(11-14)12-19-18-8-4-7-16-13-20(23(2,21)22)10-9-17(16)18/h3-8,11,19H,9-10,12-13H2,1-2H3. The minimum absolute atomic E-state index is 0.466. The molecule has 0 unspecified atom stereocenters. The largest absolute Gasteiger partial charge is 0.381 e. The van der Waals surface area contributed by atoms with E-state index in [1.165, 1.54) is 22.9 Å². The molecule has 1 aliphatic heterocycles. The summed E-state index contributed by atoms with van der Waals surface area (Å²) in [7, 11) is -3.13. The van der Waals surface area contributed by atoms with E-state index in [9.17, 15) is 8.42 Å². The summed E-state index contributed by atoms with van der Waals surface area (Å²) >= 11 is 0. The summed E-state index contributed by atoms with van der Waals surface area (Å²) in [5.41, 5.74) is 5.94. The van der Waals surface area contributed by atoms with Gasteiger partial charge in [0.25, 0.3) is 0 Å². The minimum Gasteiger partial charge on any atom is -0.381 e. The number of sulfonamides is 1. The van der Waals surface area contributed by atoms with Crippen molar-refractivity contribution in [1.29, 1.82) is 0 Å². The van der Waals surface area contributed by atoms with E-state index < -0.39 is 10.0 Å². The fraction of sp³-hybridized carbons (Fsp3) is 0.333. The van der Waals surface area contributed by atoms with Gasteiger partial charge in [-0.25, -0.2) is 8.42 Å². The highest BCUT2D eigenvalue weighted by molar-refractivity contribution is 7.88. The molecule has 4 nitrogen and oxygen atoms in total. The van der Waals surface area contributed by atoms with Crippen molar-refractivity contribution in [1.82, 2.24) is 4.31 Å². The molecular weight excluding hydrogens is 308 g/mol. The topological polar surface area (TPSA) is 49.4 Å². The molecule has 0 bridgehead atoms. The lowest BCUT2D eigenvalue weighted by molar-refractivity contribution is 0.395. The Morgan fingerprint density at radius 3 is 2.70 bits per heavy atom. The second-order valence-electron chi connectivity index (χ2n) is 6.13. The Morgan fingerprint density at radius 2 is 1.96 bits per heavy atom. The summed E-state index contributed by atoms with van der Waals surface area (Å²) in [5, 5.41) is 3.50. The molecule has 0 fully saturated rings. The quantitative estimate of drug-likeness (QED) is 0.938. The van der Waals surface area contributed by atoms with Gasteiger partial charge in [0, 0.05) is 25.3 Å². The van der Waals surface area contributed by atoms with Gasteiger partial charge in [0.05, 0.1) is 6.26 Å². The molecule has 0 aromatic heterocycles. The summed E-state index contributed by atoms with van der Waals surface area (Å²) < 4.78 is 25.0. The molecule has 2 aromatic rings. The van der Waals surface area contributed by atoms with Crippen LogP contribution in [0.4, 0.5) is 5.69 Å². The molecule has 1 aliphatic rings. The van der Waals surface area contributed by atoms with E-state index >= 15 is 0 Å². The van der Waals surface area contributed by atoms with Gasteiger partial charge in [-0.2, -0.15) is 4.31 Å². The van der Waals surface area contributed by atoms with Gasteiger partial charge in [-0.3, -0.25) is 0 Å². The van der Waals surface area contributed by atoms with Gasteiger partial charge in [0.1, 0.15) is 0 Å². The minimum atomic E-state index is -3.13. The first-order valence-electron chi connectivity index (χ1n) is 7.79. The van der Waals surface area contributed by atoms with E-state index in [0.29, 0.717) is 13.1 Å². The van der Waals surface area contributed by atoms with E-state index in [1.807, 2.05) is 12.1 Å². The third-order valence-corrected chi connectivity index (χ3v) is 5.52. The summed E-state index contributed by atoms with van der Waals surface area (Å²) in [6, 6.07) is 14.5. The third kappa shape index (κ3) is 3.74. The zero-order chi connectivity index (χ0) is 16.4. The highest BCUT2D eigenvalue weighted by Gasteiger charge is 2.24. The van der Waals surface area contributed by atoms with Gasteiger partial charge < -0.3 is 5.32 Å². The molecule has 0 amide bonds. The van der Waals surface area contributed by atoms with Crippen LogP contribution in [0.1, 0.15) is 22.3 Å². The van der Waals surface area contributed by atoms with Crippen molar-refractivity contribution in [2.45, 2.75) is 26.4 Å². The third-order valence-electron chi connectivity index (χ3n) is 4.27. The van der Waals surface area contributed by atoms with Gasteiger partial charge in [-0.1, -0.05) is 42.0 Å². The van der Waals surface area contributed by atoms with Gasteiger partial charge in [-0.05, 0) is 36.1 Å². The van der Waals surface area contributed by atoms with E-state index in [-0.39, 0.29) is 0 Å². The molecule has 122 valence electrons. The van der Waals surface area contributed by atoms with Crippen molar-refractivity contribution >= 4 is 15.7 Å². The normalized spacial score (nSPS) is 15.2. The van der Waals surface area contributed by atoms with Crippen LogP contribution in [0.25, 0.3) is 0 Å². The van der Waals surface area contributed by atoms with E-state index in [0.717, 1.165) is 24.2 Å². The van der Waals surface area contributed by atoms with E-state index in [4.69, 9.17) is 0 Å². The van der Waals surface area contributed by atoms with Gasteiger partial charge in [0.2, 0.25) is 10.0 Å². The number of nitrogens with zero attached hydrogens (tertiary/aromatic N) is 1. The summed E-state index contributed by atoms with van der Waals surface area (Å²) in [4.78, 5) is 0. The van der Waals surface area contributed by atoms with Crippen LogP contribution >= 0.6 is 0 Å². The van der Waals surface area contributed by atoms with Crippen LogP contribution in [0.2, 0.25) is 0 Å². The maximum absolute atomic E-state index is 11.7. The number of benzene rings is 2. The Balaban J connectivity index is 1.78. The van der Waals surface area contributed by atoms with Crippen molar-refractivity contribution in [2.24, 2.45) is 0 Å². The number of aryl methyl sites for hydroxylation is 1. The molecule has 0 saturated carbocycles. The average Bonchev–Trinajstić information content (AvgIpc) is 2.51. The monoisotopic (exact) mass is 330 g/mol. The first kappa shape index (κ1) is 16.0. The highest BCUT2D eigenvalue weighted by atomic mass is 32.2. The average molecular weight is 330 g/mol. The van der Waals surface area contributed by atoms with Crippen molar-refractivity contribution in [2.75, 3.05) is 18.1 Å². The van der Waals surface area contributed by atoms with Crippen LogP contribution in [0.5, 0.6) is 0 Å². The van der Waals surface area contributed by atoms with Crippen molar-refractivity contribution < 1.29 is 8.42 Å². The van der Waals surface area contributed by atoms with Crippen molar-refractivity contribution in [3.63, 3.8) is 0 Å². The highest BCUT2D eigenvalue weighted by Crippen LogP contribution is 2.27. The molecule has 0 saturated heterocycles. The maximum Gasteiger partial charge on any atom is 0.211 e. The fourth-order valence-electron chi connectivity index (χ4n) is 3.05. The number of hydrogen-bond acceptors (Lipinski definition) is 3. The molecule has 0 atom stereocenters. The lowest BCUT2D eigenvalue weighted by Gasteiger charge is -2.28. The SMILES string of the molecule is Cc1cccc(CNc2cccc3c2CCN(S(C)(=O)=O)C3)c1. The number of rotatable bonds is 4. The lowest BCUT2D eigenvalue weighted by atomic mass is 9.99. The Kier molecular flexibility index (Phi) is 4.41. The molecule has 5 heteroatoms. The molecule has 0 aliphatic carbocycles. The Bertz CT molecular complexity index is 816. The fourth-order valence-corrected chi connectivity index (χ4v) is 3.85. The molecule has 0 spiro atoms. The van der Waals surface area contributed by atoms with Crippen LogP contribution in [0.3, 0.4) is 0 Å². The lowest BCUT2D eigenvalue weighted by Crippen LogP contribution is -2.35. The molecule has 0 radical (unpaired) electrons. The smallest absolute Gasteiger partial charge is 0.211 e. The van der Waals surface area contributed by atoms with E-state index in [1.54, 1.807) is 4.31 Å². The molecule has 1 N–H and O–H groups in total. The number of anilines is 1. The maximum atomic E-state index is 11.7. The summed E-state index contributed by atoms with van der Waals surface area (Å²) in [6.45, 7) is 3.88. The van der Waals surface area contributed by atoms with Gasteiger partial charge in [-0.15, -0.1) is 0 Å². The van der Waals surface area contributed by atoms with Crippen molar-refractivity contribution in [3.8, 4) is 0 Å².